The van der Waals surface area contributed by atoms with Crippen LogP contribution in [0.15, 0.2) is 0 Å². The van der Waals surface area contributed by atoms with Crippen LogP contribution in [0.1, 0.15) is 6.92 Å². The van der Waals surface area contributed by atoms with E-state index in [2.05, 4.69) is 4.31 Å². The number of hydrogen-bond donors (Lipinski definition) is 1. The first-order valence-electron chi connectivity index (χ1n) is 2.39. The van der Waals surface area contributed by atoms with Gasteiger partial charge in [-0.05, 0) is 0 Å². The van der Waals surface area contributed by atoms with Gasteiger partial charge in [0, 0.05) is 6.92 Å². The smallest absolute Gasteiger partial charge is 0.790 e. The van der Waals surface area contributed by atoms with Crippen molar-refractivity contribution in [2.24, 2.45) is 0 Å². The van der Waals surface area contributed by atoms with Gasteiger partial charge in [-0.1, -0.05) is 0 Å². The van der Waals surface area contributed by atoms with Gasteiger partial charge in [0.2, 0.25) is 0 Å². The molecule has 0 aliphatic rings. The zero-order chi connectivity index (χ0) is 11.3. The van der Waals surface area contributed by atoms with Crippen molar-refractivity contribution in [1.29, 1.82) is 0 Å². The number of carboxylic acid groups (broad SMARTS) is 1. The molecule has 0 aliphatic heterocycles. The molecule has 0 aromatic carbocycles. The number of carbonyl (C=O) groups is 1. The molecule has 0 radical (unpaired) electrons. The Morgan fingerprint density at radius 3 is 1.06 bits per heavy atom. The molecule has 0 rings (SSSR count). The normalized spacial score (nSPS) is 8.76. The summed E-state index contributed by atoms with van der Waals surface area (Å²) in [6.07, 6.45) is 0. The first-order chi connectivity index (χ1) is 5.44. The zero-order valence-electron chi connectivity index (χ0n) is 10.1. The molecule has 0 saturated carbocycles. The average Bonchev–Trinajstić information content (AvgIpc) is 1.47. The Labute approximate surface area is 186 Å². The Kier molecular flexibility index (Phi) is 38.9. The minimum atomic E-state index is -5.68. The van der Waals surface area contributed by atoms with Crippen molar-refractivity contribution in [3.05, 3.63) is 0 Å². The van der Waals surface area contributed by atoms with Gasteiger partial charge in [-0.25, -0.2) is 0 Å². The van der Waals surface area contributed by atoms with E-state index in [1.165, 1.54) is 0 Å². The number of aliphatic carboxylic acids is 1. The minimum Gasteiger partial charge on any atom is -0.790 e. The minimum absolute atomic E-state index is 0. The zero-order valence-corrected chi connectivity index (χ0v) is 19.9. The van der Waals surface area contributed by atoms with E-state index in [-0.39, 0.29) is 118 Å². The van der Waals surface area contributed by atoms with Crippen LogP contribution in [0.2, 0.25) is 0 Å². The Balaban J connectivity index is -0.0000000338. The predicted molar refractivity (Wildman–Crippen MR) is 29.6 cm³/mol. The summed E-state index contributed by atoms with van der Waals surface area (Å²) in [5.41, 5.74) is 0. The maximum atomic E-state index is 9.32. The summed E-state index contributed by atoms with van der Waals surface area (Å²) in [6.45, 7) is 1.08. The van der Waals surface area contributed by atoms with E-state index >= 15 is 0 Å². The molecule has 0 aliphatic carbocycles. The second-order valence-corrected chi connectivity index (χ2v) is 3.94. The summed E-state index contributed by atoms with van der Waals surface area (Å²) in [5, 5.41) is 7.42. The molecule has 0 amide bonds. The molecule has 9 nitrogen and oxygen atoms in total. The fourth-order valence-electron chi connectivity index (χ4n) is 0.122. The molecule has 17 heavy (non-hydrogen) atoms. The summed E-state index contributed by atoms with van der Waals surface area (Å²) in [4.78, 5) is 46.3. The van der Waals surface area contributed by atoms with E-state index < -0.39 is 21.6 Å². The molecule has 0 unspecified atom stereocenters. The Morgan fingerprint density at radius 2 is 1.06 bits per heavy atom. The van der Waals surface area contributed by atoms with Crippen molar-refractivity contribution in [2.45, 2.75) is 6.92 Å². The third kappa shape index (κ3) is 65.5. The van der Waals surface area contributed by atoms with Crippen molar-refractivity contribution in [2.75, 3.05) is 0 Å². The summed E-state index contributed by atoms with van der Waals surface area (Å²) in [7, 11) is -11.4. The molecular weight excluding hydrogens is 322 g/mol. The van der Waals surface area contributed by atoms with E-state index in [0.29, 0.717) is 0 Å². The summed E-state index contributed by atoms with van der Waals surface area (Å²) in [5.74, 6) is -0.833. The number of phosphoric acid groups is 2. The maximum absolute atomic E-state index is 9.32. The standard InChI is InChI=1S/C2H4O2.4Na.H4O7P2/c1-2(3)4;;;;;1-8(2,3)7-9(4,5)6/h1H3,(H,3,4);;;;;(H2,1,2,3)(H2,4,5,6)/q;4*+1;/p-4. The predicted octanol–water partition coefficient (Wildman–Crippen LogP) is -15.2. The molecule has 1 N–H and O–H groups in total. The van der Waals surface area contributed by atoms with Gasteiger partial charge in [0.15, 0.2) is 0 Å². The van der Waals surface area contributed by atoms with Gasteiger partial charge < -0.3 is 38.1 Å². The van der Waals surface area contributed by atoms with Crippen LogP contribution in [0.3, 0.4) is 0 Å². The fourth-order valence-corrected chi connectivity index (χ4v) is 1.10. The van der Waals surface area contributed by atoms with E-state index in [1.54, 1.807) is 0 Å². The van der Waals surface area contributed by atoms with Crippen molar-refractivity contribution in [1.82, 2.24) is 0 Å². The van der Waals surface area contributed by atoms with Crippen molar-refractivity contribution in [3.8, 4) is 0 Å². The first kappa shape index (κ1) is 37.2. The number of hydrogen-bond acceptors (Lipinski definition) is 8. The van der Waals surface area contributed by atoms with Crippen molar-refractivity contribution < 1.29 is 161 Å². The molecule has 0 aromatic rings. The second-order valence-electron chi connectivity index (χ2n) is 1.50. The summed E-state index contributed by atoms with van der Waals surface area (Å²) in [6, 6.07) is 0. The molecule has 0 spiro atoms. The molecule has 80 valence electrons. The van der Waals surface area contributed by atoms with Gasteiger partial charge in [0.25, 0.3) is 5.97 Å². The number of rotatable bonds is 2. The van der Waals surface area contributed by atoms with Crippen LogP contribution in [0.4, 0.5) is 0 Å². The molecule has 0 atom stereocenters. The van der Waals surface area contributed by atoms with E-state index in [0.717, 1.165) is 6.92 Å². The Morgan fingerprint density at radius 1 is 0.941 bits per heavy atom. The number of carboxylic acids is 1. The van der Waals surface area contributed by atoms with Crippen LogP contribution < -0.4 is 138 Å². The largest absolute Gasteiger partial charge is 1.00 e. The monoisotopic (exact) mass is 326 g/mol. The van der Waals surface area contributed by atoms with E-state index in [9.17, 15) is 28.7 Å². The van der Waals surface area contributed by atoms with Gasteiger partial charge in [0.1, 0.15) is 0 Å². The molecule has 0 fully saturated rings. The molecule has 0 saturated heterocycles. The summed E-state index contributed by atoms with van der Waals surface area (Å²) >= 11 is 0. The summed E-state index contributed by atoms with van der Waals surface area (Å²) < 4.78 is 21.2. The average molecular weight is 326 g/mol. The van der Waals surface area contributed by atoms with Crippen LogP contribution in [-0.2, 0) is 18.2 Å². The molecule has 15 heteroatoms. The third-order valence-corrected chi connectivity index (χ3v) is 1.80. The van der Waals surface area contributed by atoms with Gasteiger partial charge in [-0.3, -0.25) is 4.79 Å². The van der Waals surface area contributed by atoms with Crippen LogP contribution in [0.5, 0.6) is 0 Å². The van der Waals surface area contributed by atoms with Crippen molar-refractivity contribution >= 4 is 21.6 Å². The third-order valence-electron chi connectivity index (χ3n) is 0.200. The van der Waals surface area contributed by atoms with E-state index in [1.807, 2.05) is 0 Å². The van der Waals surface area contributed by atoms with Gasteiger partial charge in [0.05, 0.1) is 15.6 Å². The van der Waals surface area contributed by atoms with Crippen LogP contribution in [0.25, 0.3) is 0 Å². The Bertz CT molecular complexity index is 234. The molecule has 0 aromatic heterocycles. The van der Waals surface area contributed by atoms with Gasteiger partial charge in [-0.2, -0.15) is 0 Å². The molecular formula is C2H4Na4O9P2. The second kappa shape index (κ2) is 17.8. The maximum Gasteiger partial charge on any atom is 1.00 e. The van der Waals surface area contributed by atoms with Gasteiger partial charge in [-0.15, -0.1) is 0 Å². The molecule has 0 heterocycles. The fraction of sp³-hybridized carbons (Fsp3) is 0.500. The van der Waals surface area contributed by atoms with Crippen molar-refractivity contribution in [3.63, 3.8) is 0 Å². The molecule has 0 bridgehead atoms. The topological polar surface area (TPSA) is 173 Å². The van der Waals surface area contributed by atoms with Gasteiger partial charge >= 0.3 is 118 Å². The van der Waals surface area contributed by atoms with E-state index in [4.69, 9.17) is 9.90 Å². The Hall–Kier alpha value is 3.73. The SMILES string of the molecule is CC(=O)O.O=P([O-])([O-])OP(=O)([O-])[O-].[Na+].[Na+].[Na+].[Na+]. The van der Waals surface area contributed by atoms with Crippen LogP contribution in [0, 0.1) is 0 Å². The first-order valence-corrected chi connectivity index (χ1v) is 5.31. The van der Waals surface area contributed by atoms with Crippen LogP contribution in [-0.4, -0.2) is 11.1 Å². The van der Waals surface area contributed by atoms with Crippen LogP contribution >= 0.6 is 15.6 Å². The quantitative estimate of drug-likeness (QED) is 0.382.